The zero-order valence-electron chi connectivity index (χ0n) is 12.6. The first-order valence-corrected chi connectivity index (χ1v) is 6.88. The van der Waals surface area contributed by atoms with Crippen LogP contribution in [0.15, 0.2) is 35.5 Å². The molecule has 0 aromatic carbocycles. The Morgan fingerprint density at radius 3 is 2.91 bits per heavy atom. The average molecular weight is 302 g/mol. The van der Waals surface area contributed by atoms with Crippen molar-refractivity contribution in [3.05, 3.63) is 52.2 Å². The second-order valence-corrected chi connectivity index (χ2v) is 4.76. The predicted molar refractivity (Wildman–Crippen MR) is 81.7 cm³/mol. The monoisotopic (exact) mass is 302 g/mol. The fourth-order valence-corrected chi connectivity index (χ4v) is 1.98. The molecule has 0 unspecified atom stereocenters. The van der Waals surface area contributed by atoms with Gasteiger partial charge in [-0.25, -0.2) is 4.68 Å². The first-order valence-electron chi connectivity index (χ1n) is 6.88. The number of anilines is 1. The van der Waals surface area contributed by atoms with Crippen LogP contribution in [-0.2, 0) is 22.5 Å². The Labute approximate surface area is 128 Å². The number of pyridine rings is 1. The van der Waals surface area contributed by atoms with Crippen LogP contribution in [0.5, 0.6) is 0 Å². The van der Waals surface area contributed by atoms with Gasteiger partial charge in [-0.1, -0.05) is 0 Å². The Balaban J connectivity index is 2.07. The van der Waals surface area contributed by atoms with E-state index in [1.165, 1.54) is 11.8 Å². The minimum Gasteiger partial charge on any atom is -0.469 e. The van der Waals surface area contributed by atoms with Crippen molar-refractivity contribution in [2.75, 3.05) is 19.0 Å². The van der Waals surface area contributed by atoms with Crippen molar-refractivity contribution < 1.29 is 9.53 Å². The number of methoxy groups -OCH3 is 1. The van der Waals surface area contributed by atoms with Gasteiger partial charge in [0.25, 0.3) is 5.56 Å². The van der Waals surface area contributed by atoms with Crippen LogP contribution in [-0.4, -0.2) is 34.4 Å². The summed E-state index contributed by atoms with van der Waals surface area (Å²) >= 11 is 0. The van der Waals surface area contributed by atoms with E-state index in [0.29, 0.717) is 24.2 Å². The third-order valence-electron chi connectivity index (χ3n) is 3.22. The van der Waals surface area contributed by atoms with Gasteiger partial charge in [0, 0.05) is 24.5 Å². The van der Waals surface area contributed by atoms with E-state index in [1.54, 1.807) is 25.5 Å². The van der Waals surface area contributed by atoms with Crippen LogP contribution in [0.25, 0.3) is 0 Å². The Hall–Kier alpha value is -2.70. The number of nitrogens with one attached hydrogen (secondary N) is 1. The van der Waals surface area contributed by atoms with Crippen molar-refractivity contribution in [2.24, 2.45) is 0 Å². The number of rotatable bonds is 6. The van der Waals surface area contributed by atoms with Crippen molar-refractivity contribution in [3.8, 4) is 0 Å². The average Bonchev–Trinajstić information content (AvgIpc) is 2.54. The van der Waals surface area contributed by atoms with Crippen LogP contribution < -0.4 is 10.9 Å². The maximum atomic E-state index is 12.3. The summed E-state index contributed by atoms with van der Waals surface area (Å²) in [6.07, 6.45) is 4.94. The molecule has 0 amide bonds. The highest BCUT2D eigenvalue weighted by Gasteiger charge is 2.13. The Morgan fingerprint density at radius 2 is 2.23 bits per heavy atom. The highest BCUT2D eigenvalue weighted by atomic mass is 16.5. The second kappa shape index (κ2) is 7.35. The van der Waals surface area contributed by atoms with Gasteiger partial charge in [0.2, 0.25) is 0 Å². The number of ether oxygens (including phenoxy) is 1. The molecule has 7 heteroatoms. The van der Waals surface area contributed by atoms with Gasteiger partial charge in [-0.2, -0.15) is 5.10 Å². The van der Waals surface area contributed by atoms with Gasteiger partial charge in [0.05, 0.1) is 32.0 Å². The number of hydrogen-bond acceptors (Lipinski definition) is 6. The summed E-state index contributed by atoms with van der Waals surface area (Å²) in [7, 11) is 1.30. The molecule has 22 heavy (non-hydrogen) atoms. The molecule has 116 valence electrons. The molecule has 0 radical (unpaired) electrons. The molecule has 2 aromatic heterocycles. The lowest BCUT2D eigenvalue weighted by Gasteiger charge is -2.10. The number of nitrogens with zero attached hydrogens (tertiary/aromatic N) is 3. The summed E-state index contributed by atoms with van der Waals surface area (Å²) in [6.45, 7) is 2.67. The molecule has 0 fully saturated rings. The molecule has 1 N–H and O–H groups in total. The number of esters is 1. The largest absolute Gasteiger partial charge is 0.469 e. The maximum absolute atomic E-state index is 12.3. The molecule has 0 aliphatic carbocycles. The summed E-state index contributed by atoms with van der Waals surface area (Å²) in [5.41, 5.74) is 1.71. The van der Waals surface area contributed by atoms with Gasteiger partial charge in [0.1, 0.15) is 0 Å². The number of carbonyl (C=O) groups excluding carboxylic acids is 1. The summed E-state index contributed by atoms with van der Waals surface area (Å²) in [5, 5.41) is 7.25. The van der Waals surface area contributed by atoms with Crippen LogP contribution in [0.2, 0.25) is 0 Å². The number of hydrogen-bond donors (Lipinski definition) is 1. The molecule has 0 saturated heterocycles. The molecule has 0 spiro atoms. The predicted octanol–water partition coefficient (Wildman–Crippen LogP) is 0.774. The van der Waals surface area contributed by atoms with Gasteiger partial charge in [0.15, 0.2) is 0 Å². The van der Waals surface area contributed by atoms with Gasteiger partial charge < -0.3 is 10.1 Å². The third kappa shape index (κ3) is 3.91. The van der Waals surface area contributed by atoms with E-state index in [0.717, 1.165) is 5.69 Å². The van der Waals surface area contributed by atoms with Crippen LogP contribution in [0, 0.1) is 6.92 Å². The number of aromatic nitrogens is 3. The van der Waals surface area contributed by atoms with Crippen molar-refractivity contribution >= 4 is 11.7 Å². The Kier molecular flexibility index (Phi) is 5.24. The standard InChI is InChI=1S/C15H18N4O3/c1-11-9-18-19(15(21)13(11)8-14(20)22-2)7-6-17-12-4-3-5-16-10-12/h3-5,9-10,17H,6-8H2,1-2H3. The Morgan fingerprint density at radius 1 is 1.41 bits per heavy atom. The molecule has 0 saturated carbocycles. The number of aryl methyl sites for hydroxylation is 1. The van der Waals surface area contributed by atoms with Crippen molar-refractivity contribution in [1.29, 1.82) is 0 Å². The molecule has 2 rings (SSSR count). The zero-order chi connectivity index (χ0) is 15.9. The quantitative estimate of drug-likeness (QED) is 0.793. The molecule has 7 nitrogen and oxygen atoms in total. The molecule has 0 atom stereocenters. The fourth-order valence-electron chi connectivity index (χ4n) is 1.98. The van der Waals surface area contributed by atoms with Crippen molar-refractivity contribution in [1.82, 2.24) is 14.8 Å². The molecule has 2 heterocycles. The number of carbonyl (C=O) groups is 1. The van der Waals surface area contributed by atoms with Crippen LogP contribution in [0.4, 0.5) is 5.69 Å². The summed E-state index contributed by atoms with van der Waals surface area (Å²) in [5.74, 6) is -0.438. The summed E-state index contributed by atoms with van der Waals surface area (Å²) in [6, 6.07) is 3.72. The second-order valence-electron chi connectivity index (χ2n) is 4.76. The zero-order valence-corrected chi connectivity index (χ0v) is 12.6. The lowest BCUT2D eigenvalue weighted by Crippen LogP contribution is -2.30. The van der Waals surface area contributed by atoms with E-state index in [1.807, 2.05) is 12.1 Å². The molecule has 0 aliphatic heterocycles. The fraction of sp³-hybridized carbons (Fsp3) is 0.333. The first-order chi connectivity index (χ1) is 10.6. The van der Waals surface area contributed by atoms with E-state index in [9.17, 15) is 9.59 Å². The van der Waals surface area contributed by atoms with E-state index in [-0.39, 0.29) is 12.0 Å². The van der Waals surface area contributed by atoms with Crippen LogP contribution in [0.1, 0.15) is 11.1 Å². The van der Waals surface area contributed by atoms with Crippen molar-refractivity contribution in [2.45, 2.75) is 19.9 Å². The van der Waals surface area contributed by atoms with Gasteiger partial charge in [-0.05, 0) is 24.6 Å². The van der Waals surface area contributed by atoms with E-state index in [4.69, 9.17) is 0 Å². The summed E-state index contributed by atoms with van der Waals surface area (Å²) < 4.78 is 5.96. The smallest absolute Gasteiger partial charge is 0.310 e. The molecule has 0 aliphatic rings. The highest BCUT2D eigenvalue weighted by molar-refractivity contribution is 5.72. The maximum Gasteiger partial charge on any atom is 0.310 e. The minimum atomic E-state index is -0.438. The first kappa shape index (κ1) is 15.7. The molecule has 2 aromatic rings. The van der Waals surface area contributed by atoms with Crippen LogP contribution >= 0.6 is 0 Å². The Bertz CT molecular complexity index is 698. The topological polar surface area (TPSA) is 86.1 Å². The van der Waals surface area contributed by atoms with Crippen molar-refractivity contribution in [3.63, 3.8) is 0 Å². The summed E-state index contributed by atoms with van der Waals surface area (Å²) in [4.78, 5) is 27.7. The molecular formula is C15H18N4O3. The lowest BCUT2D eigenvalue weighted by molar-refractivity contribution is -0.139. The van der Waals surface area contributed by atoms with Crippen LogP contribution in [0.3, 0.4) is 0 Å². The minimum absolute atomic E-state index is 0.0419. The van der Waals surface area contributed by atoms with Gasteiger partial charge in [-0.15, -0.1) is 0 Å². The van der Waals surface area contributed by atoms with E-state index >= 15 is 0 Å². The normalized spacial score (nSPS) is 10.3. The van der Waals surface area contributed by atoms with Gasteiger partial charge >= 0.3 is 5.97 Å². The third-order valence-corrected chi connectivity index (χ3v) is 3.22. The van der Waals surface area contributed by atoms with E-state index in [2.05, 4.69) is 20.1 Å². The highest BCUT2D eigenvalue weighted by Crippen LogP contribution is 2.03. The SMILES string of the molecule is COC(=O)Cc1c(C)cnn(CCNc2cccnc2)c1=O. The van der Waals surface area contributed by atoms with E-state index < -0.39 is 5.97 Å². The molecule has 0 bridgehead atoms. The molecular weight excluding hydrogens is 284 g/mol. The van der Waals surface area contributed by atoms with Gasteiger partial charge in [-0.3, -0.25) is 14.6 Å². The lowest BCUT2D eigenvalue weighted by atomic mass is 10.1.